The summed E-state index contributed by atoms with van der Waals surface area (Å²) in [4.78, 5) is 0. The third-order valence-electron chi connectivity index (χ3n) is 2.33. The number of hydrogen-bond donors (Lipinski definition) is 1. The van der Waals surface area contributed by atoms with Crippen LogP contribution in [0.3, 0.4) is 0 Å². The predicted octanol–water partition coefficient (Wildman–Crippen LogP) is 3.92. The van der Waals surface area contributed by atoms with Crippen LogP contribution in [0.5, 0.6) is 0 Å². The van der Waals surface area contributed by atoms with Crippen molar-refractivity contribution in [2.24, 2.45) is 0 Å². The minimum atomic E-state index is -5.47. The van der Waals surface area contributed by atoms with Crippen LogP contribution < -0.4 is 5.32 Å². The van der Waals surface area contributed by atoms with Gasteiger partial charge in [-0.2, -0.15) is 26.3 Å². The average molecular weight is 301 g/mol. The second-order valence-electron chi connectivity index (χ2n) is 4.13. The molecule has 1 aromatic rings. The summed E-state index contributed by atoms with van der Waals surface area (Å²) in [5, 5.41) is 2.68. The number of benzene rings is 1. The molecule has 0 amide bonds. The van der Waals surface area contributed by atoms with Gasteiger partial charge in [0.2, 0.25) is 6.10 Å². The van der Waals surface area contributed by atoms with Crippen LogP contribution in [0, 0.1) is 6.92 Å². The van der Waals surface area contributed by atoms with E-state index in [0.717, 1.165) is 5.56 Å². The quantitative estimate of drug-likeness (QED) is 0.657. The van der Waals surface area contributed by atoms with Gasteiger partial charge in [-0.25, -0.2) is 0 Å². The van der Waals surface area contributed by atoms with Crippen molar-refractivity contribution in [3.63, 3.8) is 0 Å². The largest absolute Gasteiger partial charge is 0.423 e. The third-order valence-corrected chi connectivity index (χ3v) is 2.33. The molecule has 0 aliphatic carbocycles. The molecule has 20 heavy (non-hydrogen) atoms. The van der Waals surface area contributed by atoms with Gasteiger partial charge >= 0.3 is 12.4 Å². The molecule has 1 rings (SSSR count). The van der Waals surface area contributed by atoms with Crippen LogP contribution in [-0.4, -0.2) is 31.6 Å². The zero-order chi connectivity index (χ0) is 15.4. The minimum Gasteiger partial charge on any atom is -0.383 e. The molecular weight excluding hydrogens is 288 g/mol. The van der Waals surface area contributed by atoms with Gasteiger partial charge in [0.15, 0.2) is 0 Å². The first-order valence-electron chi connectivity index (χ1n) is 5.66. The second-order valence-corrected chi connectivity index (χ2v) is 4.13. The molecule has 114 valence electrons. The van der Waals surface area contributed by atoms with E-state index in [2.05, 4.69) is 10.1 Å². The zero-order valence-electron chi connectivity index (χ0n) is 10.5. The molecule has 0 unspecified atom stereocenters. The van der Waals surface area contributed by atoms with Gasteiger partial charge in [0.1, 0.15) is 0 Å². The molecule has 0 saturated carbocycles. The summed E-state index contributed by atoms with van der Waals surface area (Å²) in [5.41, 5.74) is 1.52. The highest BCUT2D eigenvalue weighted by Gasteiger charge is 2.57. The van der Waals surface area contributed by atoms with E-state index in [4.69, 9.17) is 0 Å². The first-order valence-corrected chi connectivity index (χ1v) is 5.66. The number of alkyl halides is 6. The van der Waals surface area contributed by atoms with Crippen LogP contribution in [0.15, 0.2) is 24.3 Å². The normalized spacial score (nSPS) is 12.8. The van der Waals surface area contributed by atoms with Crippen molar-refractivity contribution in [2.45, 2.75) is 25.4 Å². The van der Waals surface area contributed by atoms with Crippen LogP contribution >= 0.6 is 0 Å². The Balaban J connectivity index is 2.46. The number of aryl methyl sites for hydroxylation is 1. The Labute approximate surface area is 111 Å². The Kier molecular flexibility index (Phi) is 5.27. The Morgan fingerprint density at radius 3 is 2.20 bits per heavy atom. The van der Waals surface area contributed by atoms with Gasteiger partial charge in [-0.1, -0.05) is 12.1 Å². The summed E-state index contributed by atoms with van der Waals surface area (Å²) >= 11 is 0. The molecule has 0 aliphatic rings. The molecule has 0 bridgehead atoms. The van der Waals surface area contributed by atoms with E-state index in [0.29, 0.717) is 5.69 Å². The van der Waals surface area contributed by atoms with Crippen molar-refractivity contribution in [2.75, 3.05) is 18.5 Å². The highest BCUT2D eigenvalue weighted by molar-refractivity contribution is 5.45. The van der Waals surface area contributed by atoms with Crippen molar-refractivity contribution in [1.82, 2.24) is 0 Å². The molecule has 0 saturated heterocycles. The second kappa shape index (κ2) is 6.34. The van der Waals surface area contributed by atoms with Crippen molar-refractivity contribution in [1.29, 1.82) is 0 Å². The van der Waals surface area contributed by atoms with E-state index in [9.17, 15) is 26.3 Å². The smallest absolute Gasteiger partial charge is 0.383 e. The number of rotatable bonds is 5. The molecule has 1 N–H and O–H groups in total. The van der Waals surface area contributed by atoms with Gasteiger partial charge in [-0.15, -0.1) is 0 Å². The molecule has 0 atom stereocenters. The van der Waals surface area contributed by atoms with Gasteiger partial charge in [-0.3, -0.25) is 0 Å². The lowest BCUT2D eigenvalue weighted by Crippen LogP contribution is -2.45. The van der Waals surface area contributed by atoms with Crippen LogP contribution in [-0.2, 0) is 4.74 Å². The third kappa shape index (κ3) is 5.28. The summed E-state index contributed by atoms with van der Waals surface area (Å²) in [6.07, 6.45) is -14.7. The van der Waals surface area contributed by atoms with Gasteiger partial charge in [0, 0.05) is 12.2 Å². The van der Waals surface area contributed by atoms with Crippen molar-refractivity contribution in [3.8, 4) is 0 Å². The van der Waals surface area contributed by atoms with Crippen molar-refractivity contribution >= 4 is 5.69 Å². The SMILES string of the molecule is Cc1cccc(NCCOC(C(F)(F)F)C(F)(F)F)c1. The molecule has 0 spiro atoms. The minimum absolute atomic E-state index is 0.161. The molecule has 0 fully saturated rings. The van der Waals surface area contributed by atoms with Crippen LogP contribution in [0.2, 0.25) is 0 Å². The van der Waals surface area contributed by atoms with E-state index in [1.165, 1.54) is 0 Å². The van der Waals surface area contributed by atoms with Crippen LogP contribution in [0.25, 0.3) is 0 Å². The first-order chi connectivity index (χ1) is 9.10. The summed E-state index contributed by atoms with van der Waals surface area (Å²) < 4.78 is 76.8. The summed E-state index contributed by atoms with van der Waals surface area (Å²) in [6.45, 7) is 0.939. The fourth-order valence-corrected chi connectivity index (χ4v) is 1.50. The van der Waals surface area contributed by atoms with Crippen molar-refractivity contribution in [3.05, 3.63) is 29.8 Å². The van der Waals surface area contributed by atoms with Crippen LogP contribution in [0.4, 0.5) is 32.0 Å². The standard InChI is InChI=1S/C12H13F6NO/c1-8-3-2-4-9(7-8)19-5-6-20-10(11(13,14)15)12(16,17)18/h2-4,7,10,19H,5-6H2,1H3. The lowest BCUT2D eigenvalue weighted by Gasteiger charge is -2.23. The highest BCUT2D eigenvalue weighted by Crippen LogP contribution is 2.35. The lowest BCUT2D eigenvalue weighted by molar-refractivity contribution is -0.321. The Bertz CT molecular complexity index is 415. The summed E-state index contributed by atoms with van der Waals surface area (Å²) in [6, 6.07) is 6.89. The molecule has 8 heteroatoms. The van der Waals surface area contributed by atoms with Gasteiger partial charge < -0.3 is 10.1 Å². The van der Waals surface area contributed by atoms with E-state index in [1.54, 1.807) is 18.2 Å². The van der Waals surface area contributed by atoms with Crippen molar-refractivity contribution < 1.29 is 31.1 Å². The van der Waals surface area contributed by atoms with E-state index < -0.39 is 25.1 Å². The Morgan fingerprint density at radius 1 is 1.10 bits per heavy atom. The molecule has 2 nitrogen and oxygen atoms in total. The Morgan fingerprint density at radius 2 is 1.70 bits per heavy atom. The molecule has 0 radical (unpaired) electrons. The van der Waals surface area contributed by atoms with Gasteiger partial charge in [0.05, 0.1) is 6.61 Å². The fraction of sp³-hybridized carbons (Fsp3) is 0.500. The average Bonchev–Trinajstić information content (AvgIpc) is 2.25. The number of anilines is 1. The maximum absolute atomic E-state index is 12.2. The first kappa shape index (κ1) is 16.6. The lowest BCUT2D eigenvalue weighted by atomic mass is 10.2. The monoisotopic (exact) mass is 301 g/mol. The number of halogens is 6. The molecular formula is C12H13F6NO. The zero-order valence-corrected chi connectivity index (χ0v) is 10.5. The summed E-state index contributed by atoms with van der Waals surface area (Å²) in [5.74, 6) is 0. The summed E-state index contributed by atoms with van der Waals surface area (Å²) in [7, 11) is 0. The number of ether oxygens (including phenoxy) is 1. The van der Waals surface area contributed by atoms with Gasteiger partial charge in [0.25, 0.3) is 0 Å². The van der Waals surface area contributed by atoms with E-state index in [1.807, 2.05) is 13.0 Å². The fourth-order valence-electron chi connectivity index (χ4n) is 1.50. The topological polar surface area (TPSA) is 21.3 Å². The maximum atomic E-state index is 12.2. The molecule has 0 heterocycles. The highest BCUT2D eigenvalue weighted by atomic mass is 19.4. The van der Waals surface area contributed by atoms with E-state index >= 15 is 0 Å². The number of hydrogen-bond acceptors (Lipinski definition) is 2. The molecule has 1 aromatic carbocycles. The molecule has 0 aromatic heterocycles. The maximum Gasteiger partial charge on any atom is 0.423 e. The van der Waals surface area contributed by atoms with Gasteiger partial charge in [-0.05, 0) is 24.6 Å². The predicted molar refractivity (Wildman–Crippen MR) is 61.5 cm³/mol. The molecule has 0 aliphatic heterocycles. The number of nitrogens with one attached hydrogen (secondary N) is 1. The van der Waals surface area contributed by atoms with E-state index in [-0.39, 0.29) is 6.54 Å². The van der Waals surface area contributed by atoms with Crippen LogP contribution in [0.1, 0.15) is 5.56 Å². The Hall–Kier alpha value is -1.44.